The molecular formula is C10H11FN4. The van der Waals surface area contributed by atoms with Gasteiger partial charge in [0, 0.05) is 12.7 Å². The molecule has 1 aromatic heterocycles. The molecule has 0 saturated carbocycles. The fourth-order valence-electron chi connectivity index (χ4n) is 1.26. The van der Waals surface area contributed by atoms with Crippen molar-refractivity contribution in [2.75, 3.05) is 5.32 Å². The number of hydrogen-bond acceptors (Lipinski definition) is 3. The number of anilines is 1. The quantitative estimate of drug-likeness (QED) is 0.828. The van der Waals surface area contributed by atoms with Gasteiger partial charge in [-0.25, -0.2) is 4.39 Å². The number of aromatic nitrogens is 3. The molecule has 0 aliphatic carbocycles. The summed E-state index contributed by atoms with van der Waals surface area (Å²) in [7, 11) is 1.82. The molecule has 4 nitrogen and oxygen atoms in total. The summed E-state index contributed by atoms with van der Waals surface area (Å²) in [5, 5.41) is 10.6. The fourth-order valence-corrected chi connectivity index (χ4v) is 1.26. The first kappa shape index (κ1) is 9.64. The van der Waals surface area contributed by atoms with Crippen molar-refractivity contribution in [2.45, 2.75) is 6.54 Å². The normalized spacial score (nSPS) is 10.3. The third kappa shape index (κ3) is 2.31. The van der Waals surface area contributed by atoms with E-state index < -0.39 is 0 Å². The summed E-state index contributed by atoms with van der Waals surface area (Å²) in [6.07, 6.45) is 1.67. The van der Waals surface area contributed by atoms with Crippen LogP contribution in [0, 0.1) is 5.82 Å². The van der Waals surface area contributed by atoms with Gasteiger partial charge in [0.1, 0.15) is 5.82 Å². The van der Waals surface area contributed by atoms with Gasteiger partial charge in [0.05, 0.1) is 18.4 Å². The first-order valence-electron chi connectivity index (χ1n) is 4.59. The molecule has 0 unspecified atom stereocenters. The summed E-state index contributed by atoms with van der Waals surface area (Å²) >= 11 is 0. The maximum atomic E-state index is 12.8. The van der Waals surface area contributed by atoms with E-state index in [0.29, 0.717) is 6.54 Å². The molecule has 15 heavy (non-hydrogen) atoms. The van der Waals surface area contributed by atoms with E-state index in [-0.39, 0.29) is 5.82 Å². The number of rotatable bonds is 3. The first-order chi connectivity index (χ1) is 7.25. The third-order valence-corrected chi connectivity index (χ3v) is 2.11. The lowest BCUT2D eigenvalue weighted by Gasteiger charge is -2.05. The molecule has 0 spiro atoms. The second kappa shape index (κ2) is 4.08. The molecular weight excluding hydrogens is 195 g/mol. The van der Waals surface area contributed by atoms with Crippen LogP contribution in [-0.4, -0.2) is 15.0 Å². The summed E-state index contributed by atoms with van der Waals surface area (Å²) in [5.74, 6) is -0.247. The number of aryl methyl sites for hydroxylation is 1. The van der Waals surface area contributed by atoms with Crippen LogP contribution < -0.4 is 5.32 Å². The van der Waals surface area contributed by atoms with Gasteiger partial charge < -0.3 is 5.32 Å². The van der Waals surface area contributed by atoms with Crippen LogP contribution in [0.3, 0.4) is 0 Å². The zero-order chi connectivity index (χ0) is 10.7. The molecule has 0 bridgehead atoms. The highest BCUT2D eigenvalue weighted by Gasteiger charge is 1.99. The van der Waals surface area contributed by atoms with Crippen LogP contribution in [0.4, 0.5) is 10.1 Å². The highest BCUT2D eigenvalue weighted by molar-refractivity contribution is 5.43. The molecule has 2 aromatic rings. The van der Waals surface area contributed by atoms with E-state index >= 15 is 0 Å². The summed E-state index contributed by atoms with van der Waals surface area (Å²) in [5.41, 5.74) is 1.69. The monoisotopic (exact) mass is 206 g/mol. The Kier molecular flexibility index (Phi) is 2.62. The zero-order valence-corrected chi connectivity index (χ0v) is 8.31. The highest BCUT2D eigenvalue weighted by Crippen LogP contribution is 2.10. The molecule has 0 aliphatic heterocycles. The molecule has 0 amide bonds. The van der Waals surface area contributed by atoms with Crippen LogP contribution in [0.5, 0.6) is 0 Å². The van der Waals surface area contributed by atoms with Crippen molar-refractivity contribution in [3.63, 3.8) is 0 Å². The van der Waals surface area contributed by atoms with Crippen molar-refractivity contribution >= 4 is 5.69 Å². The average Bonchev–Trinajstić information content (AvgIpc) is 2.61. The topological polar surface area (TPSA) is 42.7 Å². The number of nitrogens with zero attached hydrogens (tertiary/aromatic N) is 3. The molecule has 1 heterocycles. The lowest BCUT2D eigenvalue weighted by atomic mass is 10.3. The van der Waals surface area contributed by atoms with Crippen LogP contribution in [0.15, 0.2) is 30.5 Å². The molecule has 0 aliphatic rings. The van der Waals surface area contributed by atoms with Crippen LogP contribution >= 0.6 is 0 Å². The number of hydrogen-bond donors (Lipinski definition) is 1. The molecule has 0 radical (unpaired) electrons. The van der Waals surface area contributed by atoms with Crippen LogP contribution in [0.2, 0.25) is 0 Å². The summed E-state index contributed by atoms with van der Waals surface area (Å²) in [6, 6.07) is 6.34. The molecule has 1 aromatic carbocycles. The second-order valence-corrected chi connectivity index (χ2v) is 3.21. The Bertz CT molecular complexity index is 452. The zero-order valence-electron chi connectivity index (χ0n) is 8.31. The van der Waals surface area contributed by atoms with Gasteiger partial charge in [0.25, 0.3) is 0 Å². The molecule has 0 saturated heterocycles. The molecule has 5 heteroatoms. The van der Waals surface area contributed by atoms with E-state index in [1.807, 2.05) is 13.1 Å². The Labute approximate surface area is 86.7 Å². The van der Waals surface area contributed by atoms with Crippen molar-refractivity contribution in [1.82, 2.24) is 15.0 Å². The van der Waals surface area contributed by atoms with Crippen LogP contribution in [0.25, 0.3) is 0 Å². The Hall–Kier alpha value is -1.91. The van der Waals surface area contributed by atoms with Gasteiger partial charge in [-0.1, -0.05) is 11.3 Å². The highest BCUT2D eigenvalue weighted by atomic mass is 19.1. The van der Waals surface area contributed by atoms with E-state index in [0.717, 1.165) is 11.4 Å². The van der Waals surface area contributed by atoms with Gasteiger partial charge >= 0.3 is 0 Å². The Morgan fingerprint density at radius 1 is 1.47 bits per heavy atom. The van der Waals surface area contributed by atoms with Crippen molar-refractivity contribution in [1.29, 1.82) is 0 Å². The minimum absolute atomic E-state index is 0.247. The molecule has 1 N–H and O–H groups in total. The number of nitrogens with one attached hydrogen (secondary N) is 1. The summed E-state index contributed by atoms with van der Waals surface area (Å²) < 4.78 is 14.5. The second-order valence-electron chi connectivity index (χ2n) is 3.21. The Morgan fingerprint density at radius 3 is 3.00 bits per heavy atom. The van der Waals surface area contributed by atoms with Crippen molar-refractivity contribution in [3.8, 4) is 0 Å². The number of benzene rings is 1. The molecule has 0 atom stereocenters. The van der Waals surface area contributed by atoms with Crippen LogP contribution in [-0.2, 0) is 13.6 Å². The van der Waals surface area contributed by atoms with Gasteiger partial charge in [0.2, 0.25) is 0 Å². The van der Waals surface area contributed by atoms with E-state index in [9.17, 15) is 4.39 Å². The van der Waals surface area contributed by atoms with Gasteiger partial charge in [-0.05, 0) is 18.2 Å². The Balaban J connectivity index is 2.02. The standard InChI is InChI=1S/C10H11FN4/c1-15-10(7-13-14-15)6-12-9-4-2-3-8(11)5-9/h2-5,7,12H,6H2,1H3. The van der Waals surface area contributed by atoms with Crippen molar-refractivity contribution < 1.29 is 4.39 Å². The van der Waals surface area contributed by atoms with Gasteiger partial charge in [-0.15, -0.1) is 5.10 Å². The largest absolute Gasteiger partial charge is 0.379 e. The van der Waals surface area contributed by atoms with Crippen molar-refractivity contribution in [3.05, 3.63) is 42.0 Å². The predicted molar refractivity (Wildman–Crippen MR) is 54.7 cm³/mol. The minimum atomic E-state index is -0.247. The van der Waals surface area contributed by atoms with Crippen LogP contribution in [0.1, 0.15) is 5.69 Å². The lowest BCUT2D eigenvalue weighted by Crippen LogP contribution is -2.05. The molecule has 2 rings (SSSR count). The molecule has 0 fully saturated rings. The van der Waals surface area contributed by atoms with E-state index in [4.69, 9.17) is 0 Å². The van der Waals surface area contributed by atoms with Gasteiger partial charge in [0.15, 0.2) is 0 Å². The maximum absolute atomic E-state index is 12.8. The fraction of sp³-hybridized carbons (Fsp3) is 0.200. The number of halogens is 1. The Morgan fingerprint density at radius 2 is 2.33 bits per heavy atom. The summed E-state index contributed by atoms with van der Waals surface area (Å²) in [6.45, 7) is 0.576. The maximum Gasteiger partial charge on any atom is 0.125 e. The molecule has 78 valence electrons. The van der Waals surface area contributed by atoms with E-state index in [1.54, 1.807) is 16.9 Å². The third-order valence-electron chi connectivity index (χ3n) is 2.11. The lowest BCUT2D eigenvalue weighted by molar-refractivity contribution is 0.628. The average molecular weight is 206 g/mol. The smallest absolute Gasteiger partial charge is 0.125 e. The first-order valence-corrected chi connectivity index (χ1v) is 4.59. The van der Waals surface area contributed by atoms with Gasteiger partial charge in [-0.3, -0.25) is 4.68 Å². The minimum Gasteiger partial charge on any atom is -0.379 e. The van der Waals surface area contributed by atoms with Crippen molar-refractivity contribution in [2.24, 2.45) is 7.05 Å². The predicted octanol–water partition coefficient (Wildman–Crippen LogP) is 1.57. The summed E-state index contributed by atoms with van der Waals surface area (Å²) in [4.78, 5) is 0. The van der Waals surface area contributed by atoms with E-state index in [2.05, 4.69) is 15.6 Å². The SMILES string of the molecule is Cn1nncc1CNc1cccc(F)c1. The van der Waals surface area contributed by atoms with Gasteiger partial charge in [-0.2, -0.15) is 0 Å². The van der Waals surface area contributed by atoms with E-state index in [1.165, 1.54) is 12.1 Å².